The molecule has 0 saturated carbocycles. The first-order valence-corrected chi connectivity index (χ1v) is 8.16. The van der Waals surface area contributed by atoms with Gasteiger partial charge in [-0.3, -0.25) is 9.20 Å². The second kappa shape index (κ2) is 7.77. The van der Waals surface area contributed by atoms with E-state index in [1.54, 1.807) is 29.7 Å². The van der Waals surface area contributed by atoms with Crippen LogP contribution in [-0.2, 0) is 0 Å². The SMILES string of the molecule is COc1cc(/C=N/NC(=O)c2c(C)nc3ccccn23)cc(OC)c1OC. The van der Waals surface area contributed by atoms with Gasteiger partial charge >= 0.3 is 0 Å². The molecule has 3 rings (SSSR count). The molecule has 2 heterocycles. The molecule has 0 atom stereocenters. The molecule has 1 N–H and O–H groups in total. The summed E-state index contributed by atoms with van der Waals surface area (Å²) in [6, 6.07) is 9.01. The molecule has 1 aromatic carbocycles. The predicted molar refractivity (Wildman–Crippen MR) is 101 cm³/mol. The molecule has 8 heteroatoms. The zero-order chi connectivity index (χ0) is 19.4. The minimum absolute atomic E-state index is 0.352. The summed E-state index contributed by atoms with van der Waals surface area (Å²) in [7, 11) is 4.60. The molecule has 0 radical (unpaired) electrons. The highest BCUT2D eigenvalue weighted by Gasteiger charge is 2.16. The number of aromatic nitrogens is 2. The Balaban J connectivity index is 1.83. The van der Waals surface area contributed by atoms with Crippen LogP contribution in [0.5, 0.6) is 17.2 Å². The van der Waals surface area contributed by atoms with Crippen LogP contribution in [0.25, 0.3) is 5.65 Å². The van der Waals surface area contributed by atoms with Crippen LogP contribution in [0.15, 0.2) is 41.6 Å². The summed E-state index contributed by atoms with van der Waals surface area (Å²) in [5.74, 6) is 1.14. The third-order valence-corrected chi connectivity index (χ3v) is 3.99. The van der Waals surface area contributed by atoms with E-state index < -0.39 is 0 Å². The van der Waals surface area contributed by atoms with E-state index in [0.29, 0.717) is 39.8 Å². The van der Waals surface area contributed by atoms with Gasteiger partial charge < -0.3 is 14.2 Å². The molecule has 0 fully saturated rings. The van der Waals surface area contributed by atoms with Gasteiger partial charge in [-0.15, -0.1) is 0 Å². The van der Waals surface area contributed by atoms with Crippen LogP contribution in [0.4, 0.5) is 0 Å². The number of fused-ring (bicyclic) bond motifs is 1. The number of hydrogen-bond donors (Lipinski definition) is 1. The number of rotatable bonds is 6. The minimum atomic E-state index is -0.352. The van der Waals surface area contributed by atoms with Crippen molar-refractivity contribution in [3.05, 3.63) is 53.5 Å². The average Bonchev–Trinajstić information content (AvgIpc) is 3.02. The van der Waals surface area contributed by atoms with Crippen molar-refractivity contribution in [3.8, 4) is 17.2 Å². The van der Waals surface area contributed by atoms with Gasteiger partial charge in [0.1, 0.15) is 11.3 Å². The second-order valence-corrected chi connectivity index (χ2v) is 5.63. The molecule has 1 amide bonds. The summed E-state index contributed by atoms with van der Waals surface area (Å²) in [6.07, 6.45) is 3.29. The first-order valence-electron chi connectivity index (χ1n) is 8.16. The highest BCUT2D eigenvalue weighted by Crippen LogP contribution is 2.37. The number of benzene rings is 1. The molecule has 2 aromatic heterocycles. The molecule has 0 unspecified atom stereocenters. The predicted octanol–water partition coefficient (Wildman–Crippen LogP) is 2.43. The summed E-state index contributed by atoms with van der Waals surface area (Å²) in [5, 5.41) is 4.03. The van der Waals surface area contributed by atoms with E-state index in [1.165, 1.54) is 27.5 Å². The van der Waals surface area contributed by atoms with Crippen LogP contribution in [-0.4, -0.2) is 42.8 Å². The fourth-order valence-corrected chi connectivity index (χ4v) is 2.78. The van der Waals surface area contributed by atoms with Crippen LogP contribution in [0, 0.1) is 6.92 Å². The Kier molecular flexibility index (Phi) is 5.25. The van der Waals surface area contributed by atoms with E-state index in [1.807, 2.05) is 18.2 Å². The first kappa shape index (κ1) is 18.2. The van der Waals surface area contributed by atoms with Crippen LogP contribution >= 0.6 is 0 Å². The third-order valence-electron chi connectivity index (χ3n) is 3.99. The van der Waals surface area contributed by atoms with Crippen molar-refractivity contribution >= 4 is 17.8 Å². The van der Waals surface area contributed by atoms with Gasteiger partial charge in [-0.05, 0) is 31.2 Å². The van der Waals surface area contributed by atoms with E-state index in [4.69, 9.17) is 14.2 Å². The second-order valence-electron chi connectivity index (χ2n) is 5.63. The van der Waals surface area contributed by atoms with Gasteiger partial charge in [-0.25, -0.2) is 10.4 Å². The number of hydrogen-bond acceptors (Lipinski definition) is 6. The van der Waals surface area contributed by atoms with Crippen molar-refractivity contribution in [1.82, 2.24) is 14.8 Å². The number of ether oxygens (including phenoxy) is 3. The van der Waals surface area contributed by atoms with Crippen LogP contribution in [0.2, 0.25) is 0 Å². The standard InChI is InChI=1S/C19H20N4O4/c1-12-17(23-8-6-5-7-16(23)21-12)19(24)22-20-11-13-9-14(25-2)18(27-4)15(10-13)26-3/h5-11H,1-4H3,(H,22,24)/b20-11+. The number of nitrogens with one attached hydrogen (secondary N) is 1. The Bertz CT molecular complexity index is 985. The normalized spacial score (nSPS) is 11.0. The topological polar surface area (TPSA) is 86.5 Å². The molecule has 27 heavy (non-hydrogen) atoms. The van der Waals surface area contributed by atoms with Crippen molar-refractivity contribution in [2.75, 3.05) is 21.3 Å². The third kappa shape index (κ3) is 3.55. The van der Waals surface area contributed by atoms with Crippen molar-refractivity contribution in [2.24, 2.45) is 5.10 Å². The van der Waals surface area contributed by atoms with Crippen molar-refractivity contribution in [3.63, 3.8) is 0 Å². The molecule has 0 aliphatic carbocycles. The van der Waals surface area contributed by atoms with E-state index in [-0.39, 0.29) is 5.91 Å². The van der Waals surface area contributed by atoms with Gasteiger partial charge in [-0.2, -0.15) is 5.10 Å². The summed E-state index contributed by atoms with van der Waals surface area (Å²) < 4.78 is 17.6. The van der Waals surface area contributed by atoms with E-state index in [0.717, 1.165) is 0 Å². The van der Waals surface area contributed by atoms with E-state index in [2.05, 4.69) is 15.5 Å². The van der Waals surface area contributed by atoms with E-state index in [9.17, 15) is 4.79 Å². The number of imidazole rings is 1. The van der Waals surface area contributed by atoms with Gasteiger partial charge in [0.2, 0.25) is 5.75 Å². The maximum atomic E-state index is 12.5. The minimum Gasteiger partial charge on any atom is -0.493 e. The largest absolute Gasteiger partial charge is 0.493 e. The number of carbonyl (C=O) groups excluding carboxylic acids is 1. The zero-order valence-electron chi connectivity index (χ0n) is 15.5. The maximum Gasteiger partial charge on any atom is 0.290 e. The number of pyridine rings is 1. The Labute approximate surface area is 156 Å². The molecule has 0 bridgehead atoms. The van der Waals surface area contributed by atoms with Gasteiger partial charge in [-0.1, -0.05) is 6.07 Å². The summed E-state index contributed by atoms with van der Waals surface area (Å²) in [6.45, 7) is 1.78. The lowest BCUT2D eigenvalue weighted by Gasteiger charge is -2.12. The summed E-state index contributed by atoms with van der Waals surface area (Å²) in [4.78, 5) is 16.9. The molecule has 0 aliphatic rings. The monoisotopic (exact) mass is 368 g/mol. The van der Waals surface area contributed by atoms with Gasteiger partial charge in [0, 0.05) is 11.8 Å². The number of amides is 1. The Hall–Kier alpha value is -3.55. The molecule has 0 aliphatic heterocycles. The highest BCUT2D eigenvalue weighted by atomic mass is 16.5. The van der Waals surface area contributed by atoms with E-state index >= 15 is 0 Å². The molecular formula is C19H20N4O4. The van der Waals surface area contributed by atoms with Crippen LogP contribution < -0.4 is 19.6 Å². The fraction of sp³-hybridized carbons (Fsp3) is 0.211. The number of aryl methyl sites for hydroxylation is 1. The fourth-order valence-electron chi connectivity index (χ4n) is 2.78. The van der Waals surface area contributed by atoms with Crippen molar-refractivity contribution in [1.29, 1.82) is 0 Å². The lowest BCUT2D eigenvalue weighted by molar-refractivity contribution is 0.0948. The Morgan fingerprint density at radius 3 is 2.48 bits per heavy atom. The molecule has 8 nitrogen and oxygen atoms in total. The average molecular weight is 368 g/mol. The number of carbonyl (C=O) groups is 1. The van der Waals surface area contributed by atoms with Crippen LogP contribution in [0.1, 0.15) is 21.7 Å². The lowest BCUT2D eigenvalue weighted by Crippen LogP contribution is -2.20. The molecule has 0 spiro atoms. The van der Waals surface area contributed by atoms with Gasteiger partial charge in [0.25, 0.3) is 5.91 Å². The number of methoxy groups -OCH3 is 3. The smallest absolute Gasteiger partial charge is 0.290 e. The molecule has 3 aromatic rings. The molecule has 0 saturated heterocycles. The maximum absolute atomic E-state index is 12.5. The summed E-state index contributed by atoms with van der Waals surface area (Å²) >= 11 is 0. The van der Waals surface area contributed by atoms with Gasteiger partial charge in [0.05, 0.1) is 33.2 Å². The Morgan fingerprint density at radius 1 is 1.15 bits per heavy atom. The zero-order valence-corrected chi connectivity index (χ0v) is 15.5. The quantitative estimate of drug-likeness (QED) is 0.533. The lowest BCUT2D eigenvalue weighted by atomic mass is 10.2. The molecule has 140 valence electrons. The van der Waals surface area contributed by atoms with Crippen molar-refractivity contribution in [2.45, 2.75) is 6.92 Å². The van der Waals surface area contributed by atoms with Crippen molar-refractivity contribution < 1.29 is 19.0 Å². The highest BCUT2D eigenvalue weighted by molar-refractivity contribution is 5.95. The molecular weight excluding hydrogens is 348 g/mol. The Morgan fingerprint density at radius 2 is 1.85 bits per heavy atom. The van der Waals surface area contributed by atoms with Crippen LogP contribution in [0.3, 0.4) is 0 Å². The summed E-state index contributed by atoms with van der Waals surface area (Å²) in [5.41, 5.74) is 4.97. The number of nitrogens with zero attached hydrogens (tertiary/aromatic N) is 3. The number of hydrazone groups is 1. The van der Waals surface area contributed by atoms with Gasteiger partial charge in [0.15, 0.2) is 11.5 Å². The first-order chi connectivity index (χ1) is 13.1.